The normalized spacial score (nSPS) is 11.2. The average Bonchev–Trinajstić information content (AvgIpc) is 2.25. The second-order valence-electron chi connectivity index (χ2n) is 5.27. The second-order valence-corrected chi connectivity index (χ2v) is 6.11. The van der Waals surface area contributed by atoms with E-state index in [0.29, 0.717) is 5.75 Å². The summed E-state index contributed by atoms with van der Waals surface area (Å²) in [7, 11) is 0. The summed E-state index contributed by atoms with van der Waals surface area (Å²) in [4.78, 5) is 0. The molecule has 0 aromatic heterocycles. The fourth-order valence-corrected chi connectivity index (χ4v) is 1.99. The summed E-state index contributed by atoms with van der Waals surface area (Å²) in [6.07, 6.45) is 0.275. The SMILES string of the molecule is CC(C)Oc1cc[c]([Ti])c(OC(C)C)c1OC(C)C. The average molecular weight is 299 g/mol. The van der Waals surface area contributed by atoms with Crippen LogP contribution in [0.2, 0.25) is 0 Å². The van der Waals surface area contributed by atoms with Gasteiger partial charge in [0.05, 0.1) is 0 Å². The van der Waals surface area contributed by atoms with E-state index in [1.807, 2.05) is 74.1 Å². The fourth-order valence-electron chi connectivity index (χ4n) is 1.59. The van der Waals surface area contributed by atoms with Crippen molar-refractivity contribution in [2.45, 2.75) is 59.9 Å². The van der Waals surface area contributed by atoms with Crippen LogP contribution in [0.3, 0.4) is 0 Å². The van der Waals surface area contributed by atoms with Crippen LogP contribution in [-0.2, 0) is 20.4 Å². The number of benzene rings is 1. The Morgan fingerprint density at radius 2 is 1.21 bits per heavy atom. The van der Waals surface area contributed by atoms with Gasteiger partial charge in [-0.15, -0.1) is 0 Å². The third-order valence-corrected chi connectivity index (χ3v) is 2.76. The summed E-state index contributed by atoms with van der Waals surface area (Å²) in [5.74, 6) is 2.23. The first-order chi connectivity index (χ1) is 8.81. The molecule has 1 rings (SSSR count). The molecule has 0 fully saturated rings. The van der Waals surface area contributed by atoms with E-state index < -0.39 is 0 Å². The molecule has 1 aromatic carbocycles. The molecule has 0 amide bonds. The standard InChI is InChI=1S/C15H23O3.Ti/c1-10(2)16-13-8-7-9-14(17-11(3)4)15(13)18-12(5)6;/h7-8,10-12H,1-6H3;. The molecular formula is C15H23O3Ti. The minimum atomic E-state index is 0.0748. The molecule has 0 aliphatic carbocycles. The molecule has 0 atom stereocenters. The van der Waals surface area contributed by atoms with Crippen LogP contribution in [0.5, 0.6) is 17.2 Å². The van der Waals surface area contributed by atoms with Crippen molar-refractivity contribution in [3.63, 3.8) is 0 Å². The van der Waals surface area contributed by atoms with Crippen molar-refractivity contribution in [3.05, 3.63) is 12.1 Å². The van der Waals surface area contributed by atoms with E-state index in [0.717, 1.165) is 15.4 Å². The van der Waals surface area contributed by atoms with Crippen LogP contribution in [0, 0.1) is 0 Å². The van der Waals surface area contributed by atoms with Crippen LogP contribution >= 0.6 is 0 Å². The molecule has 0 bridgehead atoms. The predicted molar refractivity (Wildman–Crippen MR) is 73.4 cm³/mol. The Morgan fingerprint density at radius 3 is 1.68 bits per heavy atom. The van der Waals surface area contributed by atoms with Crippen LogP contribution in [0.15, 0.2) is 12.1 Å². The Balaban J connectivity index is 3.23. The predicted octanol–water partition coefficient (Wildman–Crippen LogP) is 3.22. The zero-order chi connectivity index (χ0) is 14.6. The molecule has 0 unspecified atom stereocenters. The molecule has 0 saturated heterocycles. The van der Waals surface area contributed by atoms with Gasteiger partial charge in [-0.05, 0) is 0 Å². The quantitative estimate of drug-likeness (QED) is 0.755. The summed E-state index contributed by atoms with van der Waals surface area (Å²) >= 11 is 2.02. The van der Waals surface area contributed by atoms with Gasteiger partial charge in [-0.1, -0.05) is 0 Å². The first-order valence-corrected chi connectivity index (χ1v) is 7.48. The van der Waals surface area contributed by atoms with Gasteiger partial charge >= 0.3 is 128 Å². The van der Waals surface area contributed by atoms with E-state index in [9.17, 15) is 0 Å². The fraction of sp³-hybridized carbons (Fsp3) is 0.600. The monoisotopic (exact) mass is 299 g/mol. The molecule has 0 saturated carbocycles. The zero-order valence-corrected chi connectivity index (χ0v) is 14.2. The summed E-state index contributed by atoms with van der Waals surface area (Å²) < 4.78 is 18.7. The molecule has 0 spiro atoms. The molecule has 0 heterocycles. The van der Waals surface area contributed by atoms with Crippen LogP contribution < -0.4 is 18.1 Å². The van der Waals surface area contributed by atoms with Crippen LogP contribution in [-0.4, -0.2) is 18.3 Å². The number of hydrogen-bond acceptors (Lipinski definition) is 3. The van der Waals surface area contributed by atoms with Gasteiger partial charge in [0.2, 0.25) is 0 Å². The minimum absolute atomic E-state index is 0.0748. The van der Waals surface area contributed by atoms with Crippen molar-refractivity contribution in [1.82, 2.24) is 0 Å². The Morgan fingerprint density at radius 1 is 0.737 bits per heavy atom. The molecule has 0 aliphatic rings. The number of rotatable bonds is 6. The van der Waals surface area contributed by atoms with Gasteiger partial charge in [-0.2, -0.15) is 0 Å². The second kappa shape index (κ2) is 7.21. The number of hydrogen-bond donors (Lipinski definition) is 0. The first kappa shape index (κ1) is 16.4. The van der Waals surface area contributed by atoms with E-state index in [2.05, 4.69) is 0 Å². The zero-order valence-electron chi connectivity index (χ0n) is 12.6. The molecule has 19 heavy (non-hydrogen) atoms. The van der Waals surface area contributed by atoms with Crippen molar-refractivity contribution in [3.8, 4) is 17.2 Å². The summed E-state index contributed by atoms with van der Waals surface area (Å²) in [5.41, 5.74) is 0. The topological polar surface area (TPSA) is 27.7 Å². The summed E-state index contributed by atoms with van der Waals surface area (Å²) in [6, 6.07) is 3.95. The summed E-state index contributed by atoms with van der Waals surface area (Å²) in [5, 5.41) is 0. The third-order valence-electron chi connectivity index (χ3n) is 2.15. The van der Waals surface area contributed by atoms with Gasteiger partial charge < -0.3 is 0 Å². The first-order valence-electron chi connectivity index (χ1n) is 6.69. The molecule has 105 valence electrons. The van der Waals surface area contributed by atoms with Crippen LogP contribution in [0.1, 0.15) is 41.5 Å². The summed E-state index contributed by atoms with van der Waals surface area (Å²) in [6.45, 7) is 12.0. The van der Waals surface area contributed by atoms with Crippen molar-refractivity contribution >= 4 is 3.87 Å². The molecule has 3 nitrogen and oxygen atoms in total. The van der Waals surface area contributed by atoms with Crippen molar-refractivity contribution in [2.24, 2.45) is 0 Å². The third kappa shape index (κ3) is 5.08. The molecule has 0 aliphatic heterocycles. The Bertz CT molecular complexity index is 414. The van der Waals surface area contributed by atoms with Crippen LogP contribution in [0.4, 0.5) is 0 Å². The van der Waals surface area contributed by atoms with Gasteiger partial charge in [0, 0.05) is 0 Å². The maximum absolute atomic E-state index is 5.91. The van der Waals surface area contributed by atoms with Crippen LogP contribution in [0.25, 0.3) is 0 Å². The van der Waals surface area contributed by atoms with Gasteiger partial charge in [0.25, 0.3) is 0 Å². The maximum atomic E-state index is 5.91. The molecular weight excluding hydrogens is 276 g/mol. The van der Waals surface area contributed by atoms with Crippen molar-refractivity contribution in [1.29, 1.82) is 0 Å². The van der Waals surface area contributed by atoms with E-state index >= 15 is 0 Å². The van der Waals surface area contributed by atoms with Gasteiger partial charge in [0.1, 0.15) is 0 Å². The van der Waals surface area contributed by atoms with Gasteiger partial charge in [-0.3, -0.25) is 0 Å². The molecule has 1 aromatic rings. The van der Waals surface area contributed by atoms with E-state index in [1.54, 1.807) is 0 Å². The van der Waals surface area contributed by atoms with Crippen molar-refractivity contribution < 1.29 is 34.6 Å². The number of ether oxygens (including phenoxy) is 3. The Kier molecular flexibility index (Phi) is 6.22. The van der Waals surface area contributed by atoms with Gasteiger partial charge in [-0.25, -0.2) is 0 Å². The van der Waals surface area contributed by atoms with E-state index in [-0.39, 0.29) is 18.3 Å². The Labute approximate surface area is 128 Å². The van der Waals surface area contributed by atoms with Crippen molar-refractivity contribution in [2.75, 3.05) is 0 Å². The Hall–Kier alpha value is -0.666. The van der Waals surface area contributed by atoms with E-state index in [1.165, 1.54) is 0 Å². The molecule has 4 heteroatoms. The molecule has 0 N–H and O–H groups in total. The van der Waals surface area contributed by atoms with Gasteiger partial charge in [0.15, 0.2) is 0 Å². The van der Waals surface area contributed by atoms with E-state index in [4.69, 9.17) is 14.2 Å². The molecule has 0 radical (unpaired) electrons.